The van der Waals surface area contributed by atoms with E-state index in [1.165, 1.54) is 4.57 Å². The third-order valence-corrected chi connectivity index (χ3v) is 2.56. The molecule has 0 spiro atoms. The van der Waals surface area contributed by atoms with Crippen LogP contribution in [0.5, 0.6) is 0 Å². The molecule has 1 aromatic heterocycles. The number of nitrogens with zero attached hydrogens (tertiary/aromatic N) is 3. The molecular formula is C8H14N5O+. The van der Waals surface area contributed by atoms with Crippen LogP contribution in [0.4, 0.5) is 17.5 Å². The van der Waals surface area contributed by atoms with Gasteiger partial charge in [0.25, 0.3) is 11.4 Å². The van der Waals surface area contributed by atoms with Crippen LogP contribution in [0.25, 0.3) is 0 Å². The van der Waals surface area contributed by atoms with E-state index >= 15 is 0 Å². The topological polar surface area (TPSA) is 68.6 Å². The lowest BCUT2D eigenvalue weighted by molar-refractivity contribution is -0.805. The number of hydrogen-bond acceptors (Lipinski definition) is 4. The molecule has 1 unspecified atom stereocenters. The van der Waals surface area contributed by atoms with Gasteiger partial charge in [0.05, 0.1) is 7.05 Å². The summed E-state index contributed by atoms with van der Waals surface area (Å²) in [7, 11) is 5.48. The molecule has 3 N–H and O–H groups in total. The fraction of sp³-hybridized carbons (Fsp3) is 0.500. The van der Waals surface area contributed by atoms with Crippen LogP contribution in [0.1, 0.15) is 0 Å². The highest BCUT2D eigenvalue weighted by Gasteiger charge is 2.31. The van der Waals surface area contributed by atoms with E-state index in [2.05, 4.69) is 4.98 Å². The SMILES string of the molecule is CN1C[NH+](C)c2nc(N)n(C)c(=O)c21. The van der Waals surface area contributed by atoms with Crippen LogP contribution in [0.3, 0.4) is 0 Å². The second kappa shape index (κ2) is 2.71. The van der Waals surface area contributed by atoms with Crippen molar-refractivity contribution in [3.8, 4) is 0 Å². The summed E-state index contributed by atoms with van der Waals surface area (Å²) in [4.78, 5) is 19.0. The van der Waals surface area contributed by atoms with Crippen molar-refractivity contribution in [3.63, 3.8) is 0 Å². The molecule has 6 heteroatoms. The summed E-state index contributed by atoms with van der Waals surface area (Å²) < 4.78 is 1.37. The Morgan fingerprint density at radius 2 is 2.14 bits per heavy atom. The molecule has 0 fully saturated rings. The molecule has 0 bridgehead atoms. The van der Waals surface area contributed by atoms with Gasteiger partial charge in [0.1, 0.15) is 0 Å². The van der Waals surface area contributed by atoms with E-state index in [4.69, 9.17) is 5.73 Å². The van der Waals surface area contributed by atoms with Gasteiger partial charge in [-0.1, -0.05) is 0 Å². The van der Waals surface area contributed by atoms with Crippen LogP contribution in [0.2, 0.25) is 0 Å². The number of nitrogens with two attached hydrogens (primary N) is 1. The second-order valence-electron chi connectivity index (χ2n) is 3.67. The molecule has 1 aliphatic rings. The van der Waals surface area contributed by atoms with Crippen molar-refractivity contribution in [1.82, 2.24) is 9.55 Å². The Morgan fingerprint density at radius 1 is 1.50 bits per heavy atom. The highest BCUT2D eigenvalue weighted by atomic mass is 16.1. The summed E-state index contributed by atoms with van der Waals surface area (Å²) in [6.07, 6.45) is 0. The lowest BCUT2D eigenvalue weighted by Crippen LogP contribution is -3.03. The average molecular weight is 196 g/mol. The molecule has 1 aliphatic heterocycles. The fourth-order valence-electron chi connectivity index (χ4n) is 1.76. The zero-order chi connectivity index (χ0) is 10.5. The summed E-state index contributed by atoms with van der Waals surface area (Å²) >= 11 is 0. The Labute approximate surface area is 81.6 Å². The summed E-state index contributed by atoms with van der Waals surface area (Å²) in [5, 5.41) is 0. The monoisotopic (exact) mass is 196 g/mol. The number of nitrogens with one attached hydrogen (secondary N) is 1. The summed E-state index contributed by atoms with van der Waals surface area (Å²) in [6, 6.07) is 0. The van der Waals surface area contributed by atoms with E-state index < -0.39 is 0 Å². The number of aromatic nitrogens is 2. The first-order chi connectivity index (χ1) is 6.52. The molecule has 2 rings (SSSR count). The van der Waals surface area contributed by atoms with Crippen molar-refractivity contribution in [3.05, 3.63) is 10.4 Å². The smallest absolute Gasteiger partial charge is 0.284 e. The highest BCUT2D eigenvalue weighted by molar-refractivity contribution is 5.60. The Hall–Kier alpha value is -1.56. The van der Waals surface area contributed by atoms with Gasteiger partial charge in [-0.05, 0) is 0 Å². The standard InChI is InChI=1S/C8H13N5O/c1-11-4-12(2)6-5(11)7(14)13(3)8(9)10-6/h4H2,1-3H3,(H2,9,10)/p+1. The van der Waals surface area contributed by atoms with Crippen molar-refractivity contribution in [2.45, 2.75) is 0 Å². The van der Waals surface area contributed by atoms with Gasteiger partial charge in [0.2, 0.25) is 5.95 Å². The van der Waals surface area contributed by atoms with Crippen molar-refractivity contribution in [2.24, 2.45) is 7.05 Å². The Bertz CT molecular complexity index is 438. The Kier molecular flexibility index (Phi) is 1.75. The number of fused-ring (bicyclic) bond motifs is 1. The third kappa shape index (κ3) is 1.00. The predicted molar refractivity (Wildman–Crippen MR) is 53.7 cm³/mol. The maximum Gasteiger partial charge on any atom is 0.284 e. The molecule has 0 saturated heterocycles. The predicted octanol–water partition coefficient (Wildman–Crippen LogP) is -2.08. The summed E-state index contributed by atoms with van der Waals surface area (Å²) in [5.41, 5.74) is 6.20. The molecular weight excluding hydrogens is 182 g/mol. The molecule has 0 aromatic carbocycles. The van der Waals surface area contributed by atoms with Gasteiger partial charge in [0, 0.05) is 14.1 Å². The van der Waals surface area contributed by atoms with Crippen molar-refractivity contribution in [1.29, 1.82) is 0 Å². The zero-order valence-electron chi connectivity index (χ0n) is 8.53. The zero-order valence-corrected chi connectivity index (χ0v) is 8.53. The Morgan fingerprint density at radius 3 is 2.79 bits per heavy atom. The molecule has 6 nitrogen and oxygen atoms in total. The maximum atomic E-state index is 11.8. The van der Waals surface area contributed by atoms with Gasteiger partial charge < -0.3 is 10.6 Å². The molecule has 1 aromatic rings. The average Bonchev–Trinajstić information content (AvgIpc) is 2.38. The van der Waals surface area contributed by atoms with Crippen LogP contribution in [0, 0.1) is 0 Å². The van der Waals surface area contributed by atoms with E-state index in [1.807, 2.05) is 19.0 Å². The molecule has 0 aliphatic carbocycles. The lowest BCUT2D eigenvalue weighted by atomic mass is 10.4. The lowest BCUT2D eigenvalue weighted by Gasteiger charge is -2.07. The van der Waals surface area contributed by atoms with Crippen LogP contribution < -0.4 is 21.1 Å². The van der Waals surface area contributed by atoms with Crippen LogP contribution in [-0.4, -0.2) is 30.3 Å². The second-order valence-corrected chi connectivity index (χ2v) is 3.67. The maximum absolute atomic E-state index is 11.8. The summed E-state index contributed by atoms with van der Waals surface area (Å²) in [5.74, 6) is 1.01. The van der Waals surface area contributed by atoms with Gasteiger partial charge in [-0.15, -0.1) is 0 Å². The van der Waals surface area contributed by atoms with Gasteiger partial charge in [-0.2, -0.15) is 4.98 Å². The van der Waals surface area contributed by atoms with Crippen molar-refractivity contribution < 1.29 is 4.90 Å². The van der Waals surface area contributed by atoms with Crippen LogP contribution in [-0.2, 0) is 7.05 Å². The van der Waals surface area contributed by atoms with Crippen molar-refractivity contribution >= 4 is 17.5 Å². The van der Waals surface area contributed by atoms with E-state index in [-0.39, 0.29) is 11.5 Å². The molecule has 2 heterocycles. The van der Waals surface area contributed by atoms with E-state index in [0.717, 1.165) is 17.4 Å². The number of anilines is 2. The molecule has 0 amide bonds. The number of quaternary nitrogens is 1. The van der Waals surface area contributed by atoms with Gasteiger partial charge >= 0.3 is 0 Å². The minimum atomic E-state index is -0.0770. The van der Waals surface area contributed by atoms with Gasteiger partial charge in [0.15, 0.2) is 12.4 Å². The molecule has 14 heavy (non-hydrogen) atoms. The normalized spacial score (nSPS) is 19.9. The molecule has 0 radical (unpaired) electrons. The third-order valence-electron chi connectivity index (χ3n) is 2.56. The minimum Gasteiger partial charge on any atom is -0.369 e. The highest BCUT2D eigenvalue weighted by Crippen LogP contribution is 2.18. The van der Waals surface area contributed by atoms with E-state index in [9.17, 15) is 4.79 Å². The first-order valence-electron chi connectivity index (χ1n) is 4.43. The van der Waals surface area contributed by atoms with E-state index in [1.54, 1.807) is 7.05 Å². The number of hydrogen-bond donors (Lipinski definition) is 2. The minimum absolute atomic E-state index is 0.0770. The van der Waals surface area contributed by atoms with Crippen LogP contribution >= 0.6 is 0 Å². The van der Waals surface area contributed by atoms with E-state index in [0.29, 0.717) is 5.69 Å². The quantitative estimate of drug-likeness (QED) is 0.499. The first-order valence-corrected chi connectivity index (χ1v) is 4.43. The number of nitrogen functional groups attached to an aromatic ring is 1. The fourth-order valence-corrected chi connectivity index (χ4v) is 1.76. The van der Waals surface area contributed by atoms with Gasteiger partial charge in [-0.3, -0.25) is 14.3 Å². The molecule has 0 saturated carbocycles. The summed E-state index contributed by atoms with van der Waals surface area (Å²) in [6.45, 7) is 0.751. The van der Waals surface area contributed by atoms with Crippen molar-refractivity contribution in [2.75, 3.05) is 31.4 Å². The largest absolute Gasteiger partial charge is 0.369 e. The Balaban J connectivity index is 2.76. The van der Waals surface area contributed by atoms with Gasteiger partial charge in [-0.25, -0.2) is 0 Å². The number of rotatable bonds is 0. The molecule has 1 atom stereocenters. The van der Waals surface area contributed by atoms with Crippen LogP contribution in [0.15, 0.2) is 4.79 Å². The molecule has 76 valence electrons. The first kappa shape index (κ1) is 9.01.